The lowest BCUT2D eigenvalue weighted by atomic mass is 10.1. The average molecular weight is 558 g/mol. The number of allylic oxidation sites excluding steroid dienone is 1. The first-order valence-electron chi connectivity index (χ1n) is 13.4. The summed E-state index contributed by atoms with van der Waals surface area (Å²) in [5, 5.41) is 2.75. The molecular formula is C31H39N7O3. The molecular weight excluding hydrogens is 518 g/mol. The standard InChI is InChI=1S/C31H39N7O3/c1-8-30(40)34-23-10-9-11-24(18-23)37(6)31(32-4)27(35-28(21-39)22(2)3)20-33-26-13-12-25(19-29(26)41-7)38-16-14-36(5)15-17-38/h8-13,18-22H,1,4,14-17H2,2-3,5-7H3,(H,34,40)/b31-27-,33-20?,35-28?. The first-order chi connectivity index (χ1) is 19.7. The van der Waals surface area contributed by atoms with Crippen LogP contribution in [-0.2, 0) is 9.59 Å². The molecule has 0 radical (unpaired) electrons. The second kappa shape index (κ2) is 14.7. The Bertz CT molecular complexity index is 1360. The van der Waals surface area contributed by atoms with E-state index in [-0.39, 0.29) is 11.8 Å². The molecule has 1 fully saturated rings. The summed E-state index contributed by atoms with van der Waals surface area (Å²) in [6.07, 6.45) is 3.49. The quantitative estimate of drug-likeness (QED) is 0.233. The first kappa shape index (κ1) is 31.0. The van der Waals surface area contributed by atoms with Crippen LogP contribution in [0.4, 0.5) is 22.7 Å². The molecule has 10 heteroatoms. The van der Waals surface area contributed by atoms with Gasteiger partial charge in [0.15, 0.2) is 12.1 Å². The van der Waals surface area contributed by atoms with Crippen molar-refractivity contribution in [3.8, 4) is 5.75 Å². The van der Waals surface area contributed by atoms with Crippen molar-refractivity contribution in [2.75, 3.05) is 62.5 Å². The van der Waals surface area contributed by atoms with E-state index in [0.717, 1.165) is 38.2 Å². The second-order valence-electron chi connectivity index (χ2n) is 9.88. The van der Waals surface area contributed by atoms with Crippen molar-refractivity contribution in [3.63, 3.8) is 0 Å². The van der Waals surface area contributed by atoms with E-state index < -0.39 is 0 Å². The zero-order valence-electron chi connectivity index (χ0n) is 24.5. The van der Waals surface area contributed by atoms with Crippen LogP contribution < -0.4 is 19.9 Å². The van der Waals surface area contributed by atoms with Crippen LogP contribution in [0.25, 0.3) is 0 Å². The number of ether oxygens (including phenoxy) is 1. The van der Waals surface area contributed by atoms with Gasteiger partial charge >= 0.3 is 0 Å². The molecule has 1 aliphatic heterocycles. The summed E-state index contributed by atoms with van der Waals surface area (Å²) in [6.45, 7) is 14.9. The number of hydrogen-bond donors (Lipinski definition) is 1. The molecule has 1 aliphatic rings. The third kappa shape index (κ3) is 8.21. The monoisotopic (exact) mass is 557 g/mol. The highest BCUT2D eigenvalue weighted by atomic mass is 16.5. The van der Waals surface area contributed by atoms with E-state index >= 15 is 0 Å². The molecule has 0 unspecified atom stereocenters. The van der Waals surface area contributed by atoms with Gasteiger partial charge in [-0.05, 0) is 56.1 Å². The number of nitrogens with zero attached hydrogens (tertiary/aromatic N) is 6. The summed E-state index contributed by atoms with van der Waals surface area (Å²) in [7, 11) is 5.53. The number of hydrogen-bond acceptors (Lipinski definition) is 9. The van der Waals surface area contributed by atoms with Crippen LogP contribution in [0.1, 0.15) is 13.8 Å². The predicted molar refractivity (Wildman–Crippen MR) is 169 cm³/mol. The van der Waals surface area contributed by atoms with Crippen molar-refractivity contribution in [2.45, 2.75) is 13.8 Å². The number of rotatable bonds is 12. The van der Waals surface area contributed by atoms with Crippen molar-refractivity contribution in [1.29, 1.82) is 0 Å². The lowest BCUT2D eigenvalue weighted by Crippen LogP contribution is -2.44. The smallest absolute Gasteiger partial charge is 0.247 e. The number of carbonyl (C=O) groups excluding carboxylic acids is 2. The highest BCUT2D eigenvalue weighted by molar-refractivity contribution is 6.29. The first-order valence-corrected chi connectivity index (χ1v) is 13.4. The Morgan fingerprint density at radius 2 is 1.88 bits per heavy atom. The number of methoxy groups -OCH3 is 1. The van der Waals surface area contributed by atoms with Gasteiger partial charge in [-0.1, -0.05) is 26.5 Å². The summed E-state index contributed by atoms with van der Waals surface area (Å²) in [4.78, 5) is 43.6. The molecule has 0 bridgehead atoms. The van der Waals surface area contributed by atoms with Gasteiger partial charge in [0.05, 0.1) is 19.0 Å². The Kier molecular flexibility index (Phi) is 11.1. The second-order valence-corrected chi connectivity index (χ2v) is 9.88. The number of carbonyl (C=O) groups is 2. The van der Waals surface area contributed by atoms with E-state index in [1.165, 1.54) is 6.08 Å². The van der Waals surface area contributed by atoms with Crippen molar-refractivity contribution in [2.24, 2.45) is 20.9 Å². The number of aliphatic imine (C=N–C) groups is 3. The average Bonchev–Trinajstić information content (AvgIpc) is 2.98. The summed E-state index contributed by atoms with van der Waals surface area (Å²) in [5.41, 5.74) is 3.65. The number of aldehydes is 1. The lowest BCUT2D eigenvalue weighted by Gasteiger charge is -2.34. The van der Waals surface area contributed by atoms with Crippen LogP contribution in [0, 0.1) is 5.92 Å². The molecule has 0 aromatic heterocycles. The van der Waals surface area contributed by atoms with Crippen LogP contribution in [0.2, 0.25) is 0 Å². The van der Waals surface area contributed by atoms with Crippen molar-refractivity contribution in [1.82, 2.24) is 4.90 Å². The molecule has 0 spiro atoms. The van der Waals surface area contributed by atoms with Gasteiger partial charge in [-0.25, -0.2) is 9.98 Å². The molecule has 216 valence electrons. The zero-order chi connectivity index (χ0) is 29.9. The molecule has 2 aromatic carbocycles. The Morgan fingerprint density at radius 1 is 1.15 bits per heavy atom. The lowest BCUT2D eigenvalue weighted by molar-refractivity contribution is -0.111. The van der Waals surface area contributed by atoms with Crippen LogP contribution >= 0.6 is 0 Å². The van der Waals surface area contributed by atoms with E-state index in [0.29, 0.717) is 40.0 Å². The Labute approximate surface area is 242 Å². The fourth-order valence-corrected chi connectivity index (χ4v) is 4.20. The van der Waals surface area contributed by atoms with Gasteiger partial charge in [0.1, 0.15) is 17.1 Å². The highest BCUT2D eigenvalue weighted by Gasteiger charge is 2.17. The molecule has 0 saturated carbocycles. The summed E-state index contributed by atoms with van der Waals surface area (Å²) >= 11 is 0. The van der Waals surface area contributed by atoms with E-state index in [4.69, 9.17) is 9.73 Å². The van der Waals surface area contributed by atoms with Crippen LogP contribution in [-0.4, -0.2) is 83.1 Å². The predicted octanol–water partition coefficient (Wildman–Crippen LogP) is 4.58. The fraction of sp³-hybridized carbons (Fsp3) is 0.323. The minimum atomic E-state index is -0.319. The number of anilines is 3. The van der Waals surface area contributed by atoms with Gasteiger partial charge in [0.2, 0.25) is 5.91 Å². The molecule has 10 nitrogen and oxygen atoms in total. The highest BCUT2D eigenvalue weighted by Crippen LogP contribution is 2.33. The number of piperazine rings is 1. The Morgan fingerprint density at radius 3 is 2.49 bits per heavy atom. The van der Waals surface area contributed by atoms with Crippen molar-refractivity contribution in [3.05, 3.63) is 66.6 Å². The largest absolute Gasteiger partial charge is 0.494 e. The molecule has 1 amide bonds. The van der Waals surface area contributed by atoms with Gasteiger partial charge in [0.25, 0.3) is 0 Å². The molecule has 2 aromatic rings. The van der Waals surface area contributed by atoms with Crippen LogP contribution in [0.15, 0.2) is 81.6 Å². The van der Waals surface area contributed by atoms with Gasteiger partial charge < -0.3 is 24.8 Å². The van der Waals surface area contributed by atoms with E-state index in [1.54, 1.807) is 43.5 Å². The van der Waals surface area contributed by atoms with Gasteiger partial charge in [0, 0.05) is 56.4 Å². The zero-order valence-corrected chi connectivity index (χ0v) is 24.5. The Hall–Kier alpha value is -4.57. The van der Waals surface area contributed by atoms with E-state index in [2.05, 4.69) is 45.4 Å². The SMILES string of the molecule is C=CC(=O)Nc1cccc(N(C)/C(N=C)=C(/C=Nc2ccc(N3CCN(C)CC3)cc2OC)N=C(C=O)C(C)C)c1. The molecule has 1 heterocycles. The molecule has 0 atom stereocenters. The minimum absolute atomic E-state index is 0.123. The van der Waals surface area contributed by atoms with Crippen LogP contribution in [0.5, 0.6) is 5.75 Å². The normalized spacial score (nSPS) is 15.0. The molecule has 1 N–H and O–H groups in total. The minimum Gasteiger partial charge on any atom is -0.494 e. The topological polar surface area (TPSA) is 102 Å². The third-order valence-electron chi connectivity index (χ3n) is 6.70. The molecule has 3 rings (SSSR count). The number of benzene rings is 2. The number of likely N-dealkylation sites (N-methyl/N-ethyl adjacent to an activating group) is 1. The van der Waals surface area contributed by atoms with Gasteiger partial charge in [-0.2, -0.15) is 0 Å². The number of nitrogens with one attached hydrogen (secondary N) is 1. The molecule has 41 heavy (non-hydrogen) atoms. The summed E-state index contributed by atoms with van der Waals surface area (Å²) < 4.78 is 5.68. The van der Waals surface area contributed by atoms with E-state index in [1.807, 2.05) is 38.1 Å². The van der Waals surface area contributed by atoms with E-state index in [9.17, 15) is 9.59 Å². The van der Waals surface area contributed by atoms with Crippen molar-refractivity contribution >= 4 is 53.6 Å². The summed E-state index contributed by atoms with van der Waals surface area (Å²) in [5.74, 6) is 0.545. The van der Waals surface area contributed by atoms with Gasteiger partial charge in [-0.3, -0.25) is 14.6 Å². The molecule has 1 saturated heterocycles. The Balaban J connectivity index is 2.04. The van der Waals surface area contributed by atoms with Gasteiger partial charge in [-0.15, -0.1) is 0 Å². The maximum atomic E-state index is 11.9. The maximum absolute atomic E-state index is 11.9. The number of amides is 1. The van der Waals surface area contributed by atoms with Crippen LogP contribution in [0.3, 0.4) is 0 Å². The fourth-order valence-electron chi connectivity index (χ4n) is 4.20. The third-order valence-corrected chi connectivity index (χ3v) is 6.70. The van der Waals surface area contributed by atoms with Crippen molar-refractivity contribution < 1.29 is 14.3 Å². The molecule has 0 aliphatic carbocycles. The summed E-state index contributed by atoms with van der Waals surface area (Å²) in [6, 6.07) is 13.1. The maximum Gasteiger partial charge on any atom is 0.247 e.